The van der Waals surface area contributed by atoms with Crippen molar-refractivity contribution in [3.63, 3.8) is 0 Å². The highest BCUT2D eigenvalue weighted by atomic mass is 19.4. The molecule has 1 unspecified atom stereocenters. The Morgan fingerprint density at radius 3 is 2.71 bits per heavy atom. The molecule has 1 atom stereocenters. The summed E-state index contributed by atoms with van der Waals surface area (Å²) < 4.78 is 53.0. The van der Waals surface area contributed by atoms with E-state index in [1.165, 1.54) is 19.2 Å². The number of aromatic nitrogens is 2. The number of hydrogen-bond acceptors (Lipinski definition) is 3. The molecule has 0 bridgehead atoms. The minimum atomic E-state index is -4.76. The number of carbonyl (C=O) groups excluding carboxylic acids is 1. The predicted octanol–water partition coefficient (Wildman–Crippen LogP) is 2.78. The molecule has 0 aliphatic rings. The quantitative estimate of drug-likeness (QED) is 0.644. The zero-order valence-corrected chi connectivity index (χ0v) is 10.8. The van der Waals surface area contributed by atoms with Gasteiger partial charge in [0.25, 0.3) is 0 Å². The van der Waals surface area contributed by atoms with Crippen molar-refractivity contribution < 1.29 is 27.2 Å². The number of hydrogen-bond donors (Lipinski definition) is 0. The van der Waals surface area contributed by atoms with E-state index in [9.17, 15) is 22.4 Å². The average Bonchev–Trinajstić information content (AvgIpc) is 2.86. The van der Waals surface area contributed by atoms with Gasteiger partial charge in [-0.2, -0.15) is 17.9 Å². The number of imidazole rings is 1. The topological polar surface area (TPSA) is 44.1 Å². The van der Waals surface area contributed by atoms with Crippen LogP contribution in [-0.4, -0.2) is 16.2 Å². The fraction of sp³-hybridized carbons (Fsp3) is 0.231. The molecular formula is C13H10F4N2O2. The van der Waals surface area contributed by atoms with Crippen LogP contribution in [0.25, 0.3) is 0 Å². The van der Waals surface area contributed by atoms with Gasteiger partial charge >= 0.3 is 12.6 Å². The van der Waals surface area contributed by atoms with E-state index in [-0.39, 0.29) is 17.7 Å². The van der Waals surface area contributed by atoms with E-state index in [2.05, 4.69) is 9.82 Å². The Kier molecular flexibility index (Phi) is 3.97. The molecule has 2 aromatic rings. The van der Waals surface area contributed by atoms with Gasteiger partial charge in [0.15, 0.2) is 0 Å². The second-order valence-electron chi connectivity index (χ2n) is 4.29. The van der Waals surface area contributed by atoms with E-state index in [1.54, 1.807) is 0 Å². The van der Waals surface area contributed by atoms with Crippen molar-refractivity contribution in [1.29, 1.82) is 0 Å². The van der Waals surface area contributed by atoms with Crippen molar-refractivity contribution in [1.82, 2.24) is 9.71 Å². The third-order valence-electron chi connectivity index (χ3n) is 2.99. The first-order valence-electron chi connectivity index (χ1n) is 5.85. The number of benzene rings is 1. The van der Waals surface area contributed by atoms with Crippen LogP contribution in [0.4, 0.5) is 17.6 Å². The lowest BCUT2D eigenvalue weighted by atomic mass is 9.95. The number of rotatable bonds is 4. The number of carbonyl (C=O) groups is 1. The molecule has 8 heteroatoms. The van der Waals surface area contributed by atoms with Gasteiger partial charge in [-0.15, -0.1) is 0 Å². The van der Waals surface area contributed by atoms with E-state index in [0.29, 0.717) is 6.07 Å². The monoisotopic (exact) mass is 302 g/mol. The van der Waals surface area contributed by atoms with Crippen molar-refractivity contribution in [2.75, 3.05) is 0 Å². The van der Waals surface area contributed by atoms with Gasteiger partial charge in [0.2, 0.25) is 0 Å². The molecule has 0 spiro atoms. The van der Waals surface area contributed by atoms with Gasteiger partial charge in [0, 0.05) is 5.92 Å². The van der Waals surface area contributed by atoms with Gasteiger partial charge in [-0.1, -0.05) is 19.1 Å². The molecule has 0 aliphatic heterocycles. The average molecular weight is 302 g/mol. The van der Waals surface area contributed by atoms with Crippen LogP contribution in [0.5, 0.6) is 0 Å². The van der Waals surface area contributed by atoms with Gasteiger partial charge < -0.3 is 4.84 Å². The minimum Gasteiger partial charge on any atom is -0.339 e. The first-order chi connectivity index (χ1) is 9.84. The molecule has 0 fully saturated rings. The molecule has 2 rings (SSSR count). The molecule has 0 saturated heterocycles. The summed E-state index contributed by atoms with van der Waals surface area (Å²) in [6.07, 6.45) is -2.32. The first-order valence-corrected chi connectivity index (χ1v) is 5.85. The first kappa shape index (κ1) is 15.0. The fourth-order valence-electron chi connectivity index (χ4n) is 1.91. The number of alkyl halides is 3. The Labute approximate surface area is 116 Å². The standard InChI is InChI=1S/C13H10F4N2O2/c1-8(11-5-19(6-18-11)21-7-20)9-3-2-4-10(12(9)14)13(15,16)17/h2-8H,1H3. The van der Waals surface area contributed by atoms with Crippen LogP contribution in [0.1, 0.15) is 29.7 Å². The van der Waals surface area contributed by atoms with Crippen LogP contribution < -0.4 is 4.84 Å². The van der Waals surface area contributed by atoms with E-state index >= 15 is 0 Å². The number of nitrogens with zero attached hydrogens (tertiary/aromatic N) is 2. The summed E-state index contributed by atoms with van der Waals surface area (Å²) >= 11 is 0. The van der Waals surface area contributed by atoms with Crippen LogP contribution in [0, 0.1) is 5.82 Å². The van der Waals surface area contributed by atoms with Crippen molar-refractivity contribution in [2.45, 2.75) is 19.0 Å². The summed E-state index contributed by atoms with van der Waals surface area (Å²) in [7, 11) is 0. The van der Waals surface area contributed by atoms with Gasteiger partial charge in [-0.05, 0) is 11.6 Å². The van der Waals surface area contributed by atoms with Crippen LogP contribution >= 0.6 is 0 Å². The molecule has 1 aromatic heterocycles. The zero-order valence-electron chi connectivity index (χ0n) is 10.8. The highest BCUT2D eigenvalue weighted by molar-refractivity contribution is 5.38. The normalized spacial score (nSPS) is 13.0. The fourth-order valence-corrected chi connectivity index (χ4v) is 1.91. The second kappa shape index (κ2) is 5.55. The van der Waals surface area contributed by atoms with Crippen LogP contribution in [0.3, 0.4) is 0 Å². The maximum Gasteiger partial charge on any atom is 0.419 e. The van der Waals surface area contributed by atoms with Gasteiger partial charge in [0.05, 0.1) is 17.5 Å². The van der Waals surface area contributed by atoms with Crippen LogP contribution in [0.2, 0.25) is 0 Å². The highest BCUT2D eigenvalue weighted by Gasteiger charge is 2.35. The summed E-state index contributed by atoms with van der Waals surface area (Å²) in [5, 5.41) is 0. The van der Waals surface area contributed by atoms with Crippen molar-refractivity contribution in [3.8, 4) is 0 Å². The van der Waals surface area contributed by atoms with Crippen molar-refractivity contribution in [3.05, 3.63) is 53.4 Å². The largest absolute Gasteiger partial charge is 0.419 e. The van der Waals surface area contributed by atoms with E-state index in [0.717, 1.165) is 17.1 Å². The van der Waals surface area contributed by atoms with E-state index < -0.39 is 23.5 Å². The molecule has 112 valence electrons. The Morgan fingerprint density at radius 2 is 2.10 bits per heavy atom. The predicted molar refractivity (Wildman–Crippen MR) is 63.8 cm³/mol. The Balaban J connectivity index is 2.38. The van der Waals surface area contributed by atoms with Crippen LogP contribution in [0.15, 0.2) is 30.7 Å². The zero-order chi connectivity index (χ0) is 15.6. The lowest BCUT2D eigenvalue weighted by molar-refractivity contribution is -0.140. The molecule has 0 N–H and O–H groups in total. The summed E-state index contributed by atoms with van der Waals surface area (Å²) in [4.78, 5) is 18.5. The van der Waals surface area contributed by atoms with Gasteiger partial charge in [-0.3, -0.25) is 4.79 Å². The maximum atomic E-state index is 14.0. The van der Waals surface area contributed by atoms with Crippen LogP contribution in [-0.2, 0) is 11.0 Å². The molecule has 1 aromatic carbocycles. The minimum absolute atomic E-state index is 0.138. The molecule has 0 radical (unpaired) electrons. The molecule has 0 saturated carbocycles. The van der Waals surface area contributed by atoms with E-state index in [1.807, 2.05) is 0 Å². The van der Waals surface area contributed by atoms with Crippen molar-refractivity contribution in [2.24, 2.45) is 0 Å². The molecule has 0 aliphatic carbocycles. The van der Waals surface area contributed by atoms with E-state index in [4.69, 9.17) is 0 Å². The lowest BCUT2D eigenvalue weighted by Gasteiger charge is -2.14. The number of halogens is 4. The Hall–Kier alpha value is -2.38. The molecule has 21 heavy (non-hydrogen) atoms. The summed E-state index contributed by atoms with van der Waals surface area (Å²) in [6.45, 7) is 1.67. The smallest absolute Gasteiger partial charge is 0.339 e. The molecule has 4 nitrogen and oxygen atoms in total. The Bertz CT molecular complexity index is 652. The second-order valence-corrected chi connectivity index (χ2v) is 4.29. The highest BCUT2D eigenvalue weighted by Crippen LogP contribution is 2.35. The lowest BCUT2D eigenvalue weighted by Crippen LogP contribution is -2.11. The maximum absolute atomic E-state index is 14.0. The van der Waals surface area contributed by atoms with Gasteiger partial charge in [0.1, 0.15) is 12.1 Å². The summed E-state index contributed by atoms with van der Waals surface area (Å²) in [6, 6.07) is 3.07. The summed E-state index contributed by atoms with van der Waals surface area (Å²) in [5.74, 6) is -2.06. The van der Waals surface area contributed by atoms with Crippen molar-refractivity contribution >= 4 is 6.47 Å². The summed E-state index contributed by atoms with van der Waals surface area (Å²) in [5.41, 5.74) is -1.19. The SMILES string of the molecule is CC(c1cn(OC=O)cn1)c1cccc(C(F)(F)F)c1F. The molecular weight excluding hydrogens is 292 g/mol. The molecule has 0 amide bonds. The molecule has 1 heterocycles. The third kappa shape index (κ3) is 3.04. The van der Waals surface area contributed by atoms with Gasteiger partial charge in [-0.25, -0.2) is 9.37 Å². The third-order valence-corrected chi connectivity index (χ3v) is 2.99. The Morgan fingerprint density at radius 1 is 1.38 bits per heavy atom.